The monoisotopic (exact) mass is 110 g/mol. The molecule has 1 aliphatic rings. The van der Waals surface area contributed by atoms with Crippen molar-refractivity contribution in [1.29, 1.82) is 0 Å². The van der Waals surface area contributed by atoms with Crippen LogP contribution in [0.25, 0.3) is 0 Å². The molecule has 1 aliphatic heterocycles. The molecule has 0 bridgehead atoms. The van der Waals surface area contributed by atoms with E-state index in [2.05, 4.69) is 10.2 Å². The number of carbonyl (C=O) groups excluding carboxylic acids is 1. The van der Waals surface area contributed by atoms with Crippen LogP contribution in [-0.4, -0.2) is 18.2 Å². The Kier molecular flexibility index (Phi) is 1.51. The Balaban J connectivity index is 2.63. The van der Waals surface area contributed by atoms with Gasteiger partial charge in [-0.3, -0.25) is 4.79 Å². The van der Waals surface area contributed by atoms with Crippen LogP contribution in [0.2, 0.25) is 0 Å². The first kappa shape index (κ1) is 5.15. The highest BCUT2D eigenvalue weighted by Crippen LogP contribution is 1.94. The Bertz CT molecular complexity index is 149. The molecule has 0 amide bonds. The lowest BCUT2D eigenvalue weighted by Gasteiger charge is -1.95. The molecule has 8 heavy (non-hydrogen) atoms. The van der Waals surface area contributed by atoms with Gasteiger partial charge in [0.25, 0.3) is 0 Å². The number of nitrogens with zero attached hydrogens (tertiary/aromatic N) is 2. The number of hydrogen-bond acceptors (Lipinski definition) is 3. The molecule has 0 atom stereocenters. The normalized spacial score (nSPS) is 17.8. The third-order valence-corrected chi connectivity index (χ3v) is 0.933. The lowest BCUT2D eigenvalue weighted by molar-refractivity contribution is -0.102. The van der Waals surface area contributed by atoms with Gasteiger partial charge in [0, 0.05) is 6.21 Å². The Hall–Kier alpha value is -0.990. The van der Waals surface area contributed by atoms with Crippen molar-refractivity contribution in [2.24, 2.45) is 10.2 Å². The average molecular weight is 110 g/mol. The predicted octanol–water partition coefficient (Wildman–Crippen LogP) is 0.406. The van der Waals surface area contributed by atoms with Crippen molar-refractivity contribution in [3.8, 4) is 0 Å². The summed E-state index contributed by atoms with van der Waals surface area (Å²) in [6, 6.07) is 0. The smallest absolute Gasteiger partial charge is 0.166 e. The summed E-state index contributed by atoms with van der Waals surface area (Å²) < 4.78 is 0. The summed E-state index contributed by atoms with van der Waals surface area (Å²) in [5, 5.41) is 7.13. The maximum Gasteiger partial charge on any atom is 0.166 e. The molecule has 0 fully saturated rings. The van der Waals surface area contributed by atoms with E-state index < -0.39 is 0 Å². The van der Waals surface area contributed by atoms with Gasteiger partial charge in [0.1, 0.15) is 5.71 Å². The molecule has 0 N–H and O–H groups in total. The molecular formula is C5H6N2O. The second-order valence-electron chi connectivity index (χ2n) is 1.55. The molecule has 0 saturated heterocycles. The van der Waals surface area contributed by atoms with E-state index in [-0.39, 0.29) is 0 Å². The quantitative estimate of drug-likeness (QED) is 0.450. The van der Waals surface area contributed by atoms with Crippen LogP contribution in [-0.2, 0) is 4.79 Å². The van der Waals surface area contributed by atoms with Crippen molar-refractivity contribution in [3.63, 3.8) is 0 Å². The largest absolute Gasteiger partial charge is 0.296 e. The highest BCUT2D eigenvalue weighted by atomic mass is 16.1. The summed E-state index contributed by atoms with van der Waals surface area (Å²) in [7, 11) is 0. The zero-order chi connectivity index (χ0) is 5.82. The number of hydrogen-bond donors (Lipinski definition) is 0. The maximum absolute atomic E-state index is 9.96. The third-order valence-electron chi connectivity index (χ3n) is 0.933. The summed E-state index contributed by atoms with van der Waals surface area (Å²) in [4.78, 5) is 9.96. The van der Waals surface area contributed by atoms with Gasteiger partial charge in [0.2, 0.25) is 0 Å². The van der Waals surface area contributed by atoms with E-state index in [9.17, 15) is 4.79 Å². The second kappa shape index (κ2) is 2.35. The van der Waals surface area contributed by atoms with Crippen LogP contribution >= 0.6 is 0 Å². The van der Waals surface area contributed by atoms with Crippen molar-refractivity contribution in [2.75, 3.05) is 0 Å². The maximum atomic E-state index is 9.96. The number of aldehydes is 1. The van der Waals surface area contributed by atoms with Crippen molar-refractivity contribution < 1.29 is 4.79 Å². The highest BCUT2D eigenvalue weighted by molar-refractivity contribution is 6.28. The molecule has 0 spiro atoms. The van der Waals surface area contributed by atoms with Gasteiger partial charge >= 0.3 is 0 Å². The zero-order valence-corrected chi connectivity index (χ0v) is 4.37. The van der Waals surface area contributed by atoms with Crippen molar-refractivity contribution >= 4 is 18.2 Å². The predicted molar refractivity (Wildman–Crippen MR) is 31.2 cm³/mol. The molecule has 1 heterocycles. The molecule has 0 aliphatic carbocycles. The first-order chi connectivity index (χ1) is 3.93. The third kappa shape index (κ3) is 0.992. The van der Waals surface area contributed by atoms with Crippen LogP contribution < -0.4 is 0 Å². The first-order valence-electron chi connectivity index (χ1n) is 2.47. The van der Waals surface area contributed by atoms with Gasteiger partial charge in [-0.05, 0) is 12.8 Å². The summed E-state index contributed by atoms with van der Waals surface area (Å²) in [6.07, 6.45) is 4.04. The molecule has 3 nitrogen and oxygen atoms in total. The van der Waals surface area contributed by atoms with Gasteiger partial charge < -0.3 is 0 Å². The molecule has 0 aromatic heterocycles. The van der Waals surface area contributed by atoms with E-state index in [4.69, 9.17) is 0 Å². The molecule has 0 saturated carbocycles. The molecule has 1 rings (SSSR count). The van der Waals surface area contributed by atoms with Gasteiger partial charge in [0.05, 0.1) is 0 Å². The minimum atomic E-state index is 0.549. The fourth-order valence-corrected chi connectivity index (χ4v) is 0.518. The fourth-order valence-electron chi connectivity index (χ4n) is 0.518. The van der Waals surface area contributed by atoms with Crippen molar-refractivity contribution in [3.05, 3.63) is 0 Å². The molecular weight excluding hydrogens is 104 g/mol. The molecule has 42 valence electrons. The standard InChI is InChI=1S/C5H6N2O/c8-4-5-2-1-3-6-7-5/h3-4H,1-2H2. The minimum Gasteiger partial charge on any atom is -0.296 e. The van der Waals surface area contributed by atoms with E-state index in [0.29, 0.717) is 5.71 Å². The van der Waals surface area contributed by atoms with Gasteiger partial charge in [-0.2, -0.15) is 10.2 Å². The van der Waals surface area contributed by atoms with Crippen LogP contribution in [0.15, 0.2) is 10.2 Å². The lowest BCUT2D eigenvalue weighted by Crippen LogP contribution is -2.02. The second-order valence-corrected chi connectivity index (χ2v) is 1.55. The molecule has 0 aromatic carbocycles. The van der Waals surface area contributed by atoms with Crippen LogP contribution in [0, 0.1) is 0 Å². The summed E-state index contributed by atoms with van der Waals surface area (Å²) in [6.45, 7) is 0. The molecule has 3 heteroatoms. The number of rotatable bonds is 1. The fraction of sp³-hybridized carbons (Fsp3) is 0.400. The molecule has 0 aromatic rings. The Morgan fingerprint density at radius 3 is 3.00 bits per heavy atom. The summed E-state index contributed by atoms with van der Waals surface area (Å²) in [5.74, 6) is 0. The van der Waals surface area contributed by atoms with Gasteiger partial charge in [-0.1, -0.05) is 0 Å². The minimum absolute atomic E-state index is 0.549. The van der Waals surface area contributed by atoms with E-state index in [1.165, 1.54) is 0 Å². The van der Waals surface area contributed by atoms with Crippen LogP contribution in [0.4, 0.5) is 0 Å². The van der Waals surface area contributed by atoms with Gasteiger partial charge in [-0.15, -0.1) is 0 Å². The lowest BCUT2D eigenvalue weighted by atomic mass is 10.2. The number of carbonyl (C=O) groups is 1. The topological polar surface area (TPSA) is 41.8 Å². The van der Waals surface area contributed by atoms with Crippen LogP contribution in [0.1, 0.15) is 12.8 Å². The van der Waals surface area contributed by atoms with E-state index >= 15 is 0 Å². The Labute approximate surface area is 47.1 Å². The Morgan fingerprint density at radius 2 is 2.62 bits per heavy atom. The van der Waals surface area contributed by atoms with Crippen molar-refractivity contribution in [1.82, 2.24) is 0 Å². The van der Waals surface area contributed by atoms with Crippen LogP contribution in [0.5, 0.6) is 0 Å². The van der Waals surface area contributed by atoms with Crippen LogP contribution in [0.3, 0.4) is 0 Å². The molecule has 0 radical (unpaired) electrons. The van der Waals surface area contributed by atoms with Gasteiger partial charge in [0.15, 0.2) is 6.29 Å². The SMILES string of the molecule is O=CC1=NN=CCC1. The van der Waals surface area contributed by atoms with Crippen molar-refractivity contribution in [2.45, 2.75) is 12.8 Å². The highest BCUT2D eigenvalue weighted by Gasteiger charge is 1.97. The van der Waals surface area contributed by atoms with E-state index in [1.807, 2.05) is 0 Å². The van der Waals surface area contributed by atoms with E-state index in [1.54, 1.807) is 6.21 Å². The molecule has 0 unspecified atom stereocenters. The van der Waals surface area contributed by atoms with E-state index in [0.717, 1.165) is 19.1 Å². The van der Waals surface area contributed by atoms with Gasteiger partial charge in [-0.25, -0.2) is 0 Å². The summed E-state index contributed by atoms with van der Waals surface area (Å²) in [5.41, 5.74) is 0.549. The zero-order valence-electron chi connectivity index (χ0n) is 4.37. The Morgan fingerprint density at radius 1 is 1.75 bits per heavy atom. The first-order valence-corrected chi connectivity index (χ1v) is 2.47. The summed E-state index contributed by atoms with van der Waals surface area (Å²) >= 11 is 0. The average Bonchev–Trinajstić information content (AvgIpc) is 1.90.